The lowest BCUT2D eigenvalue weighted by Crippen LogP contribution is -1.88. The first-order valence-corrected chi connectivity index (χ1v) is 3.96. The Labute approximate surface area is 71.9 Å². The molecule has 0 saturated carbocycles. The average Bonchev–Trinajstić information content (AvgIpc) is 2.57. The summed E-state index contributed by atoms with van der Waals surface area (Å²) in [6.45, 7) is 1.86. The SMILES string of the molecule is CC(C=O)C=CCc1ccoc1. The Morgan fingerprint density at radius 3 is 3.08 bits per heavy atom. The Morgan fingerprint density at radius 2 is 2.50 bits per heavy atom. The van der Waals surface area contributed by atoms with Crippen molar-refractivity contribution in [1.29, 1.82) is 0 Å². The van der Waals surface area contributed by atoms with Gasteiger partial charge in [-0.05, 0) is 18.1 Å². The molecule has 0 saturated heterocycles. The van der Waals surface area contributed by atoms with E-state index < -0.39 is 0 Å². The standard InChI is InChI=1S/C10H12O2/c1-9(7-11)3-2-4-10-5-6-12-8-10/h2-3,5-9H,4H2,1H3. The first-order chi connectivity index (χ1) is 5.83. The molecule has 0 aromatic carbocycles. The molecular weight excluding hydrogens is 152 g/mol. The van der Waals surface area contributed by atoms with Gasteiger partial charge in [0.25, 0.3) is 0 Å². The minimum atomic E-state index is 0.0110. The highest BCUT2D eigenvalue weighted by atomic mass is 16.3. The van der Waals surface area contributed by atoms with Gasteiger partial charge in [0.2, 0.25) is 0 Å². The van der Waals surface area contributed by atoms with E-state index in [1.165, 1.54) is 0 Å². The Kier molecular flexibility index (Phi) is 3.33. The average molecular weight is 164 g/mol. The van der Waals surface area contributed by atoms with E-state index in [0.717, 1.165) is 18.3 Å². The third-order valence-corrected chi connectivity index (χ3v) is 1.59. The zero-order valence-corrected chi connectivity index (χ0v) is 7.07. The summed E-state index contributed by atoms with van der Waals surface area (Å²) in [7, 11) is 0. The number of carbonyl (C=O) groups is 1. The molecule has 0 fully saturated rings. The van der Waals surface area contributed by atoms with Gasteiger partial charge in [-0.15, -0.1) is 0 Å². The summed E-state index contributed by atoms with van der Waals surface area (Å²) in [6, 6.07) is 1.91. The van der Waals surface area contributed by atoms with Gasteiger partial charge in [-0.3, -0.25) is 0 Å². The zero-order chi connectivity index (χ0) is 8.81. The van der Waals surface area contributed by atoms with Crippen molar-refractivity contribution in [3.05, 3.63) is 36.3 Å². The number of allylic oxidation sites excluding steroid dienone is 2. The topological polar surface area (TPSA) is 30.2 Å². The second-order valence-electron chi connectivity index (χ2n) is 2.76. The van der Waals surface area contributed by atoms with E-state index in [4.69, 9.17) is 4.42 Å². The summed E-state index contributed by atoms with van der Waals surface area (Å²) >= 11 is 0. The molecule has 0 aliphatic carbocycles. The van der Waals surface area contributed by atoms with Crippen LogP contribution >= 0.6 is 0 Å². The fourth-order valence-corrected chi connectivity index (χ4v) is 0.873. The van der Waals surface area contributed by atoms with Gasteiger partial charge in [0.1, 0.15) is 6.29 Å². The van der Waals surface area contributed by atoms with E-state index in [2.05, 4.69) is 0 Å². The molecule has 0 bridgehead atoms. The second kappa shape index (κ2) is 4.54. The molecular formula is C10H12O2. The van der Waals surface area contributed by atoms with Gasteiger partial charge >= 0.3 is 0 Å². The Morgan fingerprint density at radius 1 is 1.67 bits per heavy atom. The predicted molar refractivity (Wildman–Crippen MR) is 46.8 cm³/mol. The Balaban J connectivity index is 2.35. The van der Waals surface area contributed by atoms with Crippen LogP contribution < -0.4 is 0 Å². The maximum absolute atomic E-state index is 10.2. The highest BCUT2D eigenvalue weighted by molar-refractivity contribution is 5.55. The molecule has 1 unspecified atom stereocenters. The van der Waals surface area contributed by atoms with Gasteiger partial charge in [0.05, 0.1) is 12.5 Å². The molecule has 1 heterocycles. The Hall–Kier alpha value is -1.31. The van der Waals surface area contributed by atoms with Gasteiger partial charge in [-0.1, -0.05) is 19.1 Å². The lowest BCUT2D eigenvalue weighted by atomic mass is 10.1. The van der Waals surface area contributed by atoms with Crippen molar-refractivity contribution >= 4 is 6.29 Å². The minimum Gasteiger partial charge on any atom is -0.472 e. The van der Waals surface area contributed by atoms with Crippen LogP contribution in [0.3, 0.4) is 0 Å². The maximum Gasteiger partial charge on any atom is 0.126 e. The summed E-state index contributed by atoms with van der Waals surface area (Å²) in [5.41, 5.74) is 1.13. The molecule has 64 valence electrons. The molecule has 0 aliphatic heterocycles. The fraction of sp³-hybridized carbons (Fsp3) is 0.300. The summed E-state index contributed by atoms with van der Waals surface area (Å²) in [5, 5.41) is 0. The van der Waals surface area contributed by atoms with Gasteiger partial charge in [-0.25, -0.2) is 0 Å². The van der Waals surface area contributed by atoms with E-state index in [9.17, 15) is 4.79 Å². The van der Waals surface area contributed by atoms with Crippen LogP contribution in [-0.4, -0.2) is 6.29 Å². The molecule has 0 radical (unpaired) electrons. The lowest BCUT2D eigenvalue weighted by molar-refractivity contribution is -0.109. The summed E-state index contributed by atoms with van der Waals surface area (Å²) in [5.74, 6) is 0.0110. The van der Waals surface area contributed by atoms with Crippen molar-refractivity contribution in [3.63, 3.8) is 0 Å². The number of hydrogen-bond donors (Lipinski definition) is 0. The summed E-state index contributed by atoms with van der Waals surface area (Å²) < 4.78 is 4.89. The smallest absolute Gasteiger partial charge is 0.126 e. The predicted octanol–water partition coefficient (Wildman–Crippen LogP) is 2.21. The second-order valence-corrected chi connectivity index (χ2v) is 2.76. The molecule has 0 N–H and O–H groups in total. The summed E-state index contributed by atoms with van der Waals surface area (Å²) in [6.07, 6.45) is 8.96. The quantitative estimate of drug-likeness (QED) is 0.504. The molecule has 1 rings (SSSR count). The summed E-state index contributed by atoms with van der Waals surface area (Å²) in [4.78, 5) is 10.2. The van der Waals surface area contributed by atoms with Crippen LogP contribution in [0.2, 0.25) is 0 Å². The molecule has 1 atom stereocenters. The van der Waals surface area contributed by atoms with Gasteiger partial charge in [0, 0.05) is 5.92 Å². The van der Waals surface area contributed by atoms with Crippen LogP contribution in [-0.2, 0) is 11.2 Å². The third-order valence-electron chi connectivity index (χ3n) is 1.59. The molecule has 2 nitrogen and oxygen atoms in total. The zero-order valence-electron chi connectivity index (χ0n) is 7.07. The molecule has 0 amide bonds. The molecule has 2 heteroatoms. The molecule has 1 aromatic heterocycles. The highest BCUT2D eigenvalue weighted by Gasteiger charge is 1.92. The minimum absolute atomic E-state index is 0.0110. The van der Waals surface area contributed by atoms with Crippen LogP contribution in [0, 0.1) is 5.92 Å². The van der Waals surface area contributed by atoms with E-state index in [1.54, 1.807) is 12.5 Å². The molecule has 0 spiro atoms. The van der Waals surface area contributed by atoms with Gasteiger partial charge in [-0.2, -0.15) is 0 Å². The first kappa shape index (κ1) is 8.78. The Bertz CT molecular complexity index is 247. The highest BCUT2D eigenvalue weighted by Crippen LogP contribution is 2.02. The van der Waals surface area contributed by atoms with Crippen molar-refractivity contribution in [2.45, 2.75) is 13.3 Å². The first-order valence-electron chi connectivity index (χ1n) is 3.96. The third kappa shape index (κ3) is 2.74. The van der Waals surface area contributed by atoms with Crippen molar-refractivity contribution in [1.82, 2.24) is 0 Å². The normalized spacial score (nSPS) is 13.4. The largest absolute Gasteiger partial charge is 0.472 e. The van der Waals surface area contributed by atoms with Crippen LogP contribution in [0.15, 0.2) is 35.2 Å². The van der Waals surface area contributed by atoms with E-state index >= 15 is 0 Å². The number of hydrogen-bond acceptors (Lipinski definition) is 2. The number of carbonyl (C=O) groups excluding carboxylic acids is 1. The van der Waals surface area contributed by atoms with Crippen molar-refractivity contribution in [3.8, 4) is 0 Å². The van der Waals surface area contributed by atoms with Crippen molar-refractivity contribution in [2.75, 3.05) is 0 Å². The monoisotopic (exact) mass is 164 g/mol. The van der Waals surface area contributed by atoms with Crippen molar-refractivity contribution in [2.24, 2.45) is 5.92 Å². The molecule has 12 heavy (non-hydrogen) atoms. The van der Waals surface area contributed by atoms with Gasteiger partial charge in [0.15, 0.2) is 0 Å². The van der Waals surface area contributed by atoms with Crippen molar-refractivity contribution < 1.29 is 9.21 Å². The van der Waals surface area contributed by atoms with Crippen LogP contribution in [0.25, 0.3) is 0 Å². The van der Waals surface area contributed by atoms with E-state index in [0.29, 0.717) is 0 Å². The van der Waals surface area contributed by atoms with Crippen LogP contribution in [0.1, 0.15) is 12.5 Å². The van der Waals surface area contributed by atoms with Crippen LogP contribution in [0.5, 0.6) is 0 Å². The van der Waals surface area contributed by atoms with Gasteiger partial charge < -0.3 is 9.21 Å². The van der Waals surface area contributed by atoms with Crippen LogP contribution in [0.4, 0.5) is 0 Å². The number of aldehydes is 1. The number of rotatable bonds is 4. The fourth-order valence-electron chi connectivity index (χ4n) is 0.873. The van der Waals surface area contributed by atoms with E-state index in [1.807, 2.05) is 25.1 Å². The van der Waals surface area contributed by atoms with E-state index in [-0.39, 0.29) is 5.92 Å². The number of furan rings is 1. The maximum atomic E-state index is 10.2. The lowest BCUT2D eigenvalue weighted by Gasteiger charge is -1.91. The molecule has 0 aliphatic rings. The molecule has 1 aromatic rings.